The van der Waals surface area contributed by atoms with Gasteiger partial charge in [0.1, 0.15) is 11.6 Å². The molecule has 2 rings (SSSR count). The number of hydrogen-bond acceptors (Lipinski definition) is 3. The van der Waals surface area contributed by atoms with Gasteiger partial charge in [0.15, 0.2) is 0 Å². The summed E-state index contributed by atoms with van der Waals surface area (Å²) in [6.45, 7) is -0.739. The Kier molecular flexibility index (Phi) is 6.74. The van der Waals surface area contributed by atoms with Gasteiger partial charge in [-0.2, -0.15) is 13.2 Å². The maximum absolute atomic E-state index is 13.9. The normalized spacial score (nSPS) is 19.1. The number of carbonyl (C=O) groups excluding carboxylic acids is 1. The van der Waals surface area contributed by atoms with Crippen LogP contribution < -0.4 is 5.32 Å². The van der Waals surface area contributed by atoms with Gasteiger partial charge >= 0.3 is 12.1 Å². The highest BCUT2D eigenvalue weighted by Gasteiger charge is 2.35. The van der Waals surface area contributed by atoms with Crippen LogP contribution in [0.1, 0.15) is 30.9 Å². The van der Waals surface area contributed by atoms with Crippen molar-refractivity contribution in [1.82, 2.24) is 10.2 Å². The second kappa shape index (κ2) is 8.64. The molecule has 1 amide bonds. The Morgan fingerprint density at radius 2 is 2.00 bits per heavy atom. The number of hydrogen-bond donors (Lipinski definition) is 2. The van der Waals surface area contributed by atoms with Crippen molar-refractivity contribution in [1.29, 1.82) is 0 Å². The van der Waals surface area contributed by atoms with E-state index in [2.05, 4.69) is 5.32 Å². The van der Waals surface area contributed by atoms with E-state index in [1.807, 2.05) is 0 Å². The van der Waals surface area contributed by atoms with E-state index in [1.165, 1.54) is 4.90 Å². The lowest BCUT2D eigenvalue weighted by molar-refractivity contribution is -0.143. The van der Waals surface area contributed by atoms with Crippen LogP contribution in [0.25, 0.3) is 0 Å². The van der Waals surface area contributed by atoms with Crippen LogP contribution in [0.15, 0.2) is 18.2 Å². The number of alkyl halides is 3. The fourth-order valence-electron chi connectivity index (χ4n) is 3.19. The zero-order valence-electron chi connectivity index (χ0n) is 14.2. The van der Waals surface area contributed by atoms with Gasteiger partial charge in [-0.3, -0.25) is 14.5 Å². The first-order valence-corrected chi connectivity index (χ1v) is 8.28. The lowest BCUT2D eigenvalue weighted by Crippen LogP contribution is -2.34. The minimum Gasteiger partial charge on any atom is -0.481 e. The minimum atomic E-state index is -4.32. The molecular weight excluding hydrogens is 375 g/mol. The second-order valence-corrected chi connectivity index (χ2v) is 6.59. The van der Waals surface area contributed by atoms with Crippen molar-refractivity contribution in [3.63, 3.8) is 0 Å². The molecule has 0 radical (unpaired) electrons. The Labute approximate surface area is 152 Å². The van der Waals surface area contributed by atoms with Crippen molar-refractivity contribution in [3.05, 3.63) is 35.4 Å². The molecule has 10 heteroatoms. The first kappa shape index (κ1) is 21.1. The summed E-state index contributed by atoms with van der Waals surface area (Å²) < 4.78 is 64.2. The molecule has 0 bridgehead atoms. The van der Waals surface area contributed by atoms with Gasteiger partial charge < -0.3 is 10.4 Å². The van der Waals surface area contributed by atoms with E-state index >= 15 is 0 Å². The SMILES string of the molecule is O=C(O)C[C@H](NC(=O)CC1CCN(CC(F)(F)F)C1)c1ccc(F)cc1F. The summed E-state index contributed by atoms with van der Waals surface area (Å²) in [4.78, 5) is 24.4. The lowest BCUT2D eigenvalue weighted by atomic mass is 10.0. The summed E-state index contributed by atoms with van der Waals surface area (Å²) in [6, 6.07) is 1.38. The molecular formula is C17H19F5N2O3. The summed E-state index contributed by atoms with van der Waals surface area (Å²) in [6.07, 6.45) is -4.63. The Bertz CT molecular complexity index is 696. The molecule has 1 aliphatic rings. The van der Waals surface area contributed by atoms with Crippen LogP contribution in [0.5, 0.6) is 0 Å². The predicted molar refractivity (Wildman–Crippen MR) is 84.7 cm³/mol. The first-order chi connectivity index (χ1) is 12.5. The van der Waals surface area contributed by atoms with Gasteiger partial charge in [0.25, 0.3) is 0 Å². The molecule has 1 aromatic rings. The Morgan fingerprint density at radius 3 is 2.59 bits per heavy atom. The fourth-order valence-corrected chi connectivity index (χ4v) is 3.19. The number of carboxylic acid groups (broad SMARTS) is 1. The first-order valence-electron chi connectivity index (χ1n) is 8.28. The van der Waals surface area contributed by atoms with Gasteiger partial charge in [0, 0.05) is 24.6 Å². The summed E-state index contributed by atoms with van der Waals surface area (Å²) in [5.74, 6) is -4.02. The molecule has 2 atom stereocenters. The molecule has 0 spiro atoms. The van der Waals surface area contributed by atoms with E-state index < -0.39 is 48.7 Å². The summed E-state index contributed by atoms with van der Waals surface area (Å²) >= 11 is 0. The maximum atomic E-state index is 13.9. The number of carboxylic acids is 1. The molecule has 1 aliphatic heterocycles. The largest absolute Gasteiger partial charge is 0.481 e. The van der Waals surface area contributed by atoms with Crippen LogP contribution in [0, 0.1) is 17.6 Å². The van der Waals surface area contributed by atoms with Gasteiger partial charge in [-0.15, -0.1) is 0 Å². The van der Waals surface area contributed by atoms with E-state index in [4.69, 9.17) is 5.11 Å². The number of halogens is 5. The van der Waals surface area contributed by atoms with Crippen molar-refractivity contribution in [2.75, 3.05) is 19.6 Å². The van der Waals surface area contributed by atoms with Crippen molar-refractivity contribution in [2.45, 2.75) is 31.5 Å². The number of amides is 1. The van der Waals surface area contributed by atoms with Crippen LogP contribution in [-0.4, -0.2) is 47.7 Å². The highest BCUT2D eigenvalue weighted by molar-refractivity contribution is 5.78. The third kappa shape index (κ3) is 6.78. The van der Waals surface area contributed by atoms with E-state index in [0.29, 0.717) is 12.5 Å². The molecule has 1 fully saturated rings. The molecule has 1 saturated heterocycles. The molecule has 0 saturated carbocycles. The summed E-state index contributed by atoms with van der Waals surface area (Å²) in [5, 5.41) is 11.4. The Hall–Kier alpha value is -2.23. The number of nitrogens with zero attached hydrogens (tertiary/aromatic N) is 1. The minimum absolute atomic E-state index is 0.0986. The molecule has 0 aliphatic carbocycles. The topological polar surface area (TPSA) is 69.6 Å². The molecule has 1 aromatic carbocycles. The third-order valence-corrected chi connectivity index (χ3v) is 4.30. The molecule has 0 aromatic heterocycles. The van der Waals surface area contributed by atoms with Crippen LogP contribution in [-0.2, 0) is 9.59 Å². The van der Waals surface area contributed by atoms with Crippen LogP contribution in [0.4, 0.5) is 22.0 Å². The molecule has 27 heavy (non-hydrogen) atoms. The van der Waals surface area contributed by atoms with Gasteiger partial charge in [-0.25, -0.2) is 8.78 Å². The number of benzene rings is 1. The van der Waals surface area contributed by atoms with Crippen molar-refractivity contribution >= 4 is 11.9 Å². The zero-order valence-corrected chi connectivity index (χ0v) is 14.2. The molecule has 150 valence electrons. The standard InChI is InChI=1S/C17H19F5N2O3/c18-11-1-2-12(13(19)6-11)14(7-16(26)27)23-15(25)5-10-3-4-24(8-10)9-17(20,21)22/h1-2,6,10,14H,3-5,7-9H2,(H,23,25)(H,26,27)/t10?,14-/m0/s1. The predicted octanol–water partition coefficient (Wildman–Crippen LogP) is 2.87. The highest BCUT2D eigenvalue weighted by Crippen LogP contribution is 2.26. The number of likely N-dealkylation sites (tertiary alicyclic amines) is 1. The zero-order chi connectivity index (χ0) is 20.2. The molecule has 2 N–H and O–H groups in total. The fraction of sp³-hybridized carbons (Fsp3) is 0.529. The van der Waals surface area contributed by atoms with E-state index in [0.717, 1.165) is 12.1 Å². The van der Waals surface area contributed by atoms with E-state index in [1.54, 1.807) is 0 Å². The van der Waals surface area contributed by atoms with Crippen LogP contribution in [0.3, 0.4) is 0 Å². The van der Waals surface area contributed by atoms with Gasteiger partial charge in [-0.05, 0) is 24.9 Å². The maximum Gasteiger partial charge on any atom is 0.401 e. The van der Waals surface area contributed by atoms with Crippen molar-refractivity contribution in [3.8, 4) is 0 Å². The van der Waals surface area contributed by atoms with Crippen LogP contribution >= 0.6 is 0 Å². The van der Waals surface area contributed by atoms with Crippen molar-refractivity contribution < 1.29 is 36.6 Å². The molecule has 1 heterocycles. The number of nitrogens with one attached hydrogen (secondary N) is 1. The van der Waals surface area contributed by atoms with Gasteiger partial charge in [-0.1, -0.05) is 6.07 Å². The van der Waals surface area contributed by atoms with Gasteiger partial charge in [0.05, 0.1) is 19.0 Å². The van der Waals surface area contributed by atoms with E-state index in [9.17, 15) is 31.5 Å². The second-order valence-electron chi connectivity index (χ2n) is 6.59. The third-order valence-electron chi connectivity index (χ3n) is 4.30. The molecule has 5 nitrogen and oxygen atoms in total. The number of rotatable bonds is 7. The van der Waals surface area contributed by atoms with E-state index in [-0.39, 0.29) is 31.0 Å². The summed E-state index contributed by atoms with van der Waals surface area (Å²) in [7, 11) is 0. The van der Waals surface area contributed by atoms with Crippen LogP contribution in [0.2, 0.25) is 0 Å². The molecule has 1 unspecified atom stereocenters. The number of aliphatic carboxylic acids is 1. The Morgan fingerprint density at radius 1 is 1.30 bits per heavy atom. The van der Waals surface area contributed by atoms with Gasteiger partial charge in [0.2, 0.25) is 5.91 Å². The highest BCUT2D eigenvalue weighted by atomic mass is 19.4. The Balaban J connectivity index is 1.97. The lowest BCUT2D eigenvalue weighted by Gasteiger charge is -2.20. The average molecular weight is 394 g/mol. The summed E-state index contributed by atoms with van der Waals surface area (Å²) in [5.41, 5.74) is -0.169. The average Bonchev–Trinajstić information content (AvgIpc) is 2.90. The smallest absolute Gasteiger partial charge is 0.401 e. The number of carbonyl (C=O) groups is 2. The quantitative estimate of drug-likeness (QED) is 0.698. The van der Waals surface area contributed by atoms with Crippen molar-refractivity contribution in [2.24, 2.45) is 5.92 Å². The monoisotopic (exact) mass is 394 g/mol.